The summed E-state index contributed by atoms with van der Waals surface area (Å²) >= 11 is 0. The number of esters is 1. The molecule has 0 fully saturated rings. The van der Waals surface area contributed by atoms with Gasteiger partial charge in [0.1, 0.15) is 18.1 Å². The van der Waals surface area contributed by atoms with Crippen molar-refractivity contribution in [1.82, 2.24) is 0 Å². The maximum absolute atomic E-state index is 12.8. The predicted octanol–water partition coefficient (Wildman–Crippen LogP) is 7.33. The van der Waals surface area contributed by atoms with Crippen molar-refractivity contribution in [1.29, 1.82) is 0 Å². The number of halogens is 3. The van der Waals surface area contributed by atoms with E-state index in [1.807, 2.05) is 44.2 Å². The first-order chi connectivity index (χ1) is 16.9. The third kappa shape index (κ3) is 6.75. The number of ether oxygens (including phenoxy) is 3. The Bertz CT molecular complexity index is 1200. The summed E-state index contributed by atoms with van der Waals surface area (Å²) < 4.78 is 54.6. The van der Waals surface area contributed by atoms with Crippen molar-refractivity contribution in [2.45, 2.75) is 43.3 Å². The summed E-state index contributed by atoms with van der Waals surface area (Å²) in [6.45, 7) is 6.10. The number of rotatable bonds is 9. The molecule has 0 saturated heterocycles. The molecule has 0 unspecified atom stereocenters. The van der Waals surface area contributed by atoms with Crippen LogP contribution < -0.4 is 9.47 Å². The van der Waals surface area contributed by atoms with E-state index in [2.05, 4.69) is 18.6 Å². The van der Waals surface area contributed by atoms with E-state index in [1.165, 1.54) is 21.9 Å². The van der Waals surface area contributed by atoms with Crippen molar-refractivity contribution < 1.29 is 32.2 Å². The van der Waals surface area contributed by atoms with Crippen molar-refractivity contribution in [3.05, 3.63) is 82.9 Å². The van der Waals surface area contributed by atoms with E-state index in [-0.39, 0.29) is 13.2 Å². The number of carbonyl (C=O) groups is 1. The molecular weight excluding hydrogens is 489 g/mol. The van der Waals surface area contributed by atoms with Crippen molar-refractivity contribution in [3.63, 3.8) is 0 Å². The third-order valence-electron chi connectivity index (χ3n) is 5.77. The van der Waals surface area contributed by atoms with Crippen LogP contribution >= 0.6 is 10.0 Å². The van der Waals surface area contributed by atoms with E-state index < -0.39 is 27.7 Å². The normalized spacial score (nSPS) is 12.2. The fraction of sp³-hybridized carbons (Fsp3) is 0.321. The Morgan fingerprint density at radius 1 is 0.889 bits per heavy atom. The monoisotopic (exact) mass is 520 g/mol. The van der Waals surface area contributed by atoms with Gasteiger partial charge in [-0.15, -0.1) is 0 Å². The lowest BCUT2D eigenvalue weighted by molar-refractivity contribution is -0.145. The van der Waals surface area contributed by atoms with Gasteiger partial charge >= 0.3 is 12.1 Å². The van der Waals surface area contributed by atoms with Crippen LogP contribution in [0, 0.1) is 13.8 Å². The summed E-state index contributed by atoms with van der Waals surface area (Å²) in [5.41, 5.74) is 1.99. The Kier molecular flexibility index (Phi) is 8.61. The second-order valence-corrected chi connectivity index (χ2v) is 12.3. The molecule has 36 heavy (non-hydrogen) atoms. The molecule has 0 heterocycles. The van der Waals surface area contributed by atoms with E-state index in [4.69, 9.17) is 14.2 Å². The van der Waals surface area contributed by atoms with Gasteiger partial charge in [0.25, 0.3) is 0 Å². The average molecular weight is 521 g/mol. The maximum Gasteiger partial charge on any atom is 0.416 e. The summed E-state index contributed by atoms with van der Waals surface area (Å²) in [4.78, 5) is 14.0. The number of hydrogen-bond donors (Lipinski definition) is 0. The maximum atomic E-state index is 12.8. The molecule has 0 N–H and O–H groups in total. The molecule has 8 heteroatoms. The molecule has 3 aromatic rings. The number of alkyl halides is 3. The van der Waals surface area contributed by atoms with Crippen LogP contribution in [-0.4, -0.2) is 31.7 Å². The zero-order valence-electron chi connectivity index (χ0n) is 21.1. The summed E-state index contributed by atoms with van der Waals surface area (Å²) in [5, 5.41) is 0. The molecule has 0 amide bonds. The topological polar surface area (TPSA) is 44.8 Å². The van der Waals surface area contributed by atoms with E-state index in [0.29, 0.717) is 23.7 Å². The van der Waals surface area contributed by atoms with Gasteiger partial charge in [0, 0.05) is 0 Å². The van der Waals surface area contributed by atoms with Crippen molar-refractivity contribution in [2.24, 2.45) is 0 Å². The molecule has 0 aliphatic carbocycles. The average Bonchev–Trinajstić information content (AvgIpc) is 2.81. The molecule has 194 valence electrons. The van der Waals surface area contributed by atoms with Crippen molar-refractivity contribution in [2.75, 3.05) is 25.7 Å². The molecule has 0 radical (unpaired) electrons. The molecule has 0 spiro atoms. The minimum Gasteiger partial charge on any atom is -0.489 e. The molecule has 4 nitrogen and oxygen atoms in total. The molecule has 0 bridgehead atoms. The molecule has 3 aromatic carbocycles. The minimum atomic E-state index is -4.35. The molecule has 0 saturated carbocycles. The lowest BCUT2D eigenvalue weighted by Crippen LogP contribution is -2.15. The molecule has 0 aliphatic rings. The van der Waals surface area contributed by atoms with Crippen LogP contribution in [0.3, 0.4) is 0 Å². The number of aryl methyl sites for hydroxylation is 2. The van der Waals surface area contributed by atoms with E-state index in [0.717, 1.165) is 23.3 Å². The van der Waals surface area contributed by atoms with E-state index in [9.17, 15) is 18.0 Å². The zero-order valence-corrected chi connectivity index (χ0v) is 21.9. The van der Waals surface area contributed by atoms with Gasteiger partial charge < -0.3 is 14.2 Å². The first kappa shape index (κ1) is 27.5. The Hall–Kier alpha value is -3.13. The van der Waals surface area contributed by atoms with Gasteiger partial charge in [-0.05, 0) is 108 Å². The number of benzene rings is 3. The third-order valence-corrected chi connectivity index (χ3v) is 8.76. The Morgan fingerprint density at radius 3 is 2.17 bits per heavy atom. The van der Waals surface area contributed by atoms with Crippen LogP contribution in [0.1, 0.15) is 29.2 Å². The predicted molar refractivity (Wildman–Crippen MR) is 136 cm³/mol. The molecule has 0 aliphatic heterocycles. The van der Waals surface area contributed by atoms with Gasteiger partial charge in [0.2, 0.25) is 0 Å². The van der Waals surface area contributed by atoms with Crippen LogP contribution in [0.2, 0.25) is 0 Å². The summed E-state index contributed by atoms with van der Waals surface area (Å²) in [7, 11) is -1.36. The molecule has 3 rings (SSSR count). The lowest BCUT2D eigenvalue weighted by Gasteiger charge is -2.34. The SMILES string of the molecule is CCOC(=O)COc1ccc(S(C)(C)c2ccc(OCc3ccc(C(F)(F)F)cc3)cc2C)cc1C. The summed E-state index contributed by atoms with van der Waals surface area (Å²) in [6, 6.07) is 16.9. The number of hydrogen-bond acceptors (Lipinski definition) is 4. The van der Waals surface area contributed by atoms with Crippen LogP contribution in [0.5, 0.6) is 11.5 Å². The summed E-state index contributed by atoms with van der Waals surface area (Å²) in [5.74, 6) is 0.902. The highest BCUT2D eigenvalue weighted by Crippen LogP contribution is 2.58. The molecular formula is C28H31F3O4S. The zero-order chi connectivity index (χ0) is 26.5. The van der Waals surface area contributed by atoms with Crippen LogP contribution in [0.25, 0.3) is 0 Å². The smallest absolute Gasteiger partial charge is 0.416 e. The second-order valence-electron chi connectivity index (χ2n) is 8.76. The first-order valence-electron chi connectivity index (χ1n) is 11.4. The van der Waals surface area contributed by atoms with Crippen LogP contribution in [0.4, 0.5) is 13.2 Å². The highest BCUT2D eigenvalue weighted by atomic mass is 32.3. The van der Waals surface area contributed by atoms with Gasteiger partial charge in [0.15, 0.2) is 6.61 Å². The second kappa shape index (κ2) is 11.3. The highest BCUT2D eigenvalue weighted by molar-refractivity contribution is 8.32. The van der Waals surface area contributed by atoms with Crippen molar-refractivity contribution >= 4 is 16.0 Å². The fourth-order valence-corrected chi connectivity index (χ4v) is 6.21. The largest absolute Gasteiger partial charge is 0.489 e. The minimum absolute atomic E-state index is 0.128. The first-order valence-corrected chi connectivity index (χ1v) is 13.9. The number of carbonyl (C=O) groups excluding carboxylic acids is 1. The van der Waals surface area contributed by atoms with Crippen molar-refractivity contribution in [3.8, 4) is 11.5 Å². The standard InChI is InChI=1S/C28H31F3O4S/c1-6-33-27(32)18-35-25-13-12-24(16-19(25)2)36(4,5)26-14-11-23(15-20(26)3)34-17-21-7-9-22(10-8-21)28(29,30)31/h7-16H,6,17-18H2,1-5H3. The van der Waals surface area contributed by atoms with Crippen LogP contribution in [-0.2, 0) is 22.3 Å². The van der Waals surface area contributed by atoms with E-state index >= 15 is 0 Å². The van der Waals surface area contributed by atoms with Gasteiger partial charge in [-0.2, -0.15) is 23.2 Å². The lowest BCUT2D eigenvalue weighted by atomic mass is 10.1. The van der Waals surface area contributed by atoms with Crippen LogP contribution in [0.15, 0.2) is 70.5 Å². The quantitative estimate of drug-likeness (QED) is 0.277. The summed E-state index contributed by atoms with van der Waals surface area (Å²) in [6.07, 6.45) is 0.0773. The van der Waals surface area contributed by atoms with Gasteiger partial charge in [-0.3, -0.25) is 0 Å². The molecule has 0 aromatic heterocycles. The Labute approximate surface area is 211 Å². The van der Waals surface area contributed by atoms with Gasteiger partial charge in [-0.1, -0.05) is 12.1 Å². The van der Waals surface area contributed by atoms with Gasteiger partial charge in [-0.25, -0.2) is 4.79 Å². The molecule has 0 atom stereocenters. The Morgan fingerprint density at radius 2 is 1.58 bits per heavy atom. The fourth-order valence-electron chi connectivity index (χ4n) is 3.81. The highest BCUT2D eigenvalue weighted by Gasteiger charge is 2.30. The van der Waals surface area contributed by atoms with E-state index in [1.54, 1.807) is 6.92 Å². The van der Waals surface area contributed by atoms with Gasteiger partial charge in [0.05, 0.1) is 12.2 Å². The Balaban J connectivity index is 1.70.